The SMILES string of the molecule is CC1CCCCCC1NCc1ccccc1CC(=O)O. The van der Waals surface area contributed by atoms with Crippen molar-refractivity contribution in [1.82, 2.24) is 5.32 Å². The molecule has 0 heterocycles. The Balaban J connectivity index is 1.97. The highest BCUT2D eigenvalue weighted by atomic mass is 16.4. The summed E-state index contributed by atoms with van der Waals surface area (Å²) in [6.45, 7) is 3.10. The summed E-state index contributed by atoms with van der Waals surface area (Å²) in [5, 5.41) is 12.6. The lowest BCUT2D eigenvalue weighted by Crippen LogP contribution is -2.34. The van der Waals surface area contributed by atoms with Crippen LogP contribution in [0.4, 0.5) is 0 Å². The molecule has 1 aromatic carbocycles. The topological polar surface area (TPSA) is 49.3 Å². The van der Waals surface area contributed by atoms with Gasteiger partial charge in [-0.1, -0.05) is 50.5 Å². The van der Waals surface area contributed by atoms with Gasteiger partial charge in [-0.15, -0.1) is 0 Å². The fourth-order valence-corrected chi connectivity index (χ4v) is 3.10. The minimum Gasteiger partial charge on any atom is -0.481 e. The maximum atomic E-state index is 10.9. The summed E-state index contributed by atoms with van der Waals surface area (Å²) in [7, 11) is 0. The molecule has 2 atom stereocenters. The van der Waals surface area contributed by atoms with Crippen LogP contribution in [0.5, 0.6) is 0 Å². The second-order valence-corrected chi connectivity index (χ2v) is 5.94. The van der Waals surface area contributed by atoms with Crippen LogP contribution in [-0.4, -0.2) is 17.1 Å². The van der Waals surface area contributed by atoms with Gasteiger partial charge in [-0.2, -0.15) is 0 Å². The van der Waals surface area contributed by atoms with Crippen LogP contribution in [0.3, 0.4) is 0 Å². The van der Waals surface area contributed by atoms with Crippen molar-refractivity contribution in [3.8, 4) is 0 Å². The first-order valence-electron chi connectivity index (χ1n) is 7.69. The number of hydrogen-bond donors (Lipinski definition) is 2. The Morgan fingerprint density at radius 1 is 1.20 bits per heavy atom. The summed E-state index contributed by atoms with van der Waals surface area (Å²) in [5.41, 5.74) is 2.04. The number of benzene rings is 1. The first kappa shape index (κ1) is 15.0. The fourth-order valence-electron chi connectivity index (χ4n) is 3.10. The molecule has 0 aliphatic heterocycles. The third kappa shape index (κ3) is 4.34. The lowest BCUT2D eigenvalue weighted by Gasteiger charge is -2.23. The molecule has 0 saturated heterocycles. The Hall–Kier alpha value is -1.35. The van der Waals surface area contributed by atoms with Crippen LogP contribution in [-0.2, 0) is 17.8 Å². The maximum Gasteiger partial charge on any atom is 0.307 e. The molecule has 2 unspecified atom stereocenters. The molecule has 0 spiro atoms. The zero-order valence-corrected chi connectivity index (χ0v) is 12.3. The molecule has 1 aromatic rings. The predicted molar refractivity (Wildman–Crippen MR) is 80.7 cm³/mol. The Kier molecular flexibility index (Phi) is 5.60. The highest BCUT2D eigenvalue weighted by Gasteiger charge is 2.19. The molecule has 0 radical (unpaired) electrons. The van der Waals surface area contributed by atoms with Crippen LogP contribution in [0.1, 0.15) is 50.2 Å². The monoisotopic (exact) mass is 275 g/mol. The smallest absolute Gasteiger partial charge is 0.307 e. The average molecular weight is 275 g/mol. The first-order chi connectivity index (χ1) is 9.66. The van der Waals surface area contributed by atoms with Gasteiger partial charge < -0.3 is 10.4 Å². The van der Waals surface area contributed by atoms with Crippen LogP contribution in [0.15, 0.2) is 24.3 Å². The van der Waals surface area contributed by atoms with Gasteiger partial charge in [0, 0.05) is 12.6 Å². The molecule has 0 bridgehead atoms. The van der Waals surface area contributed by atoms with Crippen LogP contribution >= 0.6 is 0 Å². The second-order valence-electron chi connectivity index (χ2n) is 5.94. The minimum absolute atomic E-state index is 0.109. The molecule has 1 saturated carbocycles. The van der Waals surface area contributed by atoms with E-state index >= 15 is 0 Å². The van der Waals surface area contributed by atoms with Gasteiger partial charge in [0.05, 0.1) is 6.42 Å². The van der Waals surface area contributed by atoms with E-state index in [-0.39, 0.29) is 6.42 Å². The summed E-state index contributed by atoms with van der Waals surface area (Å²) in [4.78, 5) is 10.9. The minimum atomic E-state index is -0.764. The normalized spacial score (nSPS) is 23.2. The van der Waals surface area contributed by atoms with Gasteiger partial charge >= 0.3 is 5.97 Å². The number of carbonyl (C=O) groups is 1. The third-order valence-corrected chi connectivity index (χ3v) is 4.38. The van der Waals surface area contributed by atoms with Crippen molar-refractivity contribution < 1.29 is 9.90 Å². The van der Waals surface area contributed by atoms with E-state index in [0.29, 0.717) is 12.0 Å². The van der Waals surface area contributed by atoms with E-state index in [4.69, 9.17) is 5.11 Å². The van der Waals surface area contributed by atoms with Crippen molar-refractivity contribution in [2.45, 2.75) is 58.0 Å². The summed E-state index contributed by atoms with van der Waals surface area (Å²) < 4.78 is 0. The predicted octanol–water partition coefficient (Wildman–Crippen LogP) is 3.37. The molecular formula is C17H25NO2. The molecule has 1 aliphatic rings. The van der Waals surface area contributed by atoms with Gasteiger partial charge in [0.1, 0.15) is 0 Å². The molecule has 0 amide bonds. The summed E-state index contributed by atoms with van der Waals surface area (Å²) >= 11 is 0. The summed E-state index contributed by atoms with van der Waals surface area (Å²) in [6.07, 6.45) is 6.64. The van der Waals surface area contributed by atoms with E-state index in [1.54, 1.807) is 0 Å². The van der Waals surface area contributed by atoms with E-state index in [0.717, 1.165) is 17.7 Å². The molecule has 20 heavy (non-hydrogen) atoms. The van der Waals surface area contributed by atoms with E-state index in [1.165, 1.54) is 32.1 Å². The molecule has 3 nitrogen and oxygen atoms in total. The van der Waals surface area contributed by atoms with E-state index in [2.05, 4.69) is 12.2 Å². The standard InChI is InChI=1S/C17H25NO2/c1-13-7-3-2-4-10-16(13)18-12-15-9-6-5-8-14(15)11-17(19)20/h5-6,8-9,13,16,18H,2-4,7,10-12H2,1H3,(H,19,20). The zero-order valence-electron chi connectivity index (χ0n) is 12.3. The van der Waals surface area contributed by atoms with Crippen molar-refractivity contribution in [2.75, 3.05) is 0 Å². The zero-order chi connectivity index (χ0) is 14.4. The van der Waals surface area contributed by atoms with Gasteiger partial charge in [0.2, 0.25) is 0 Å². The van der Waals surface area contributed by atoms with E-state index < -0.39 is 5.97 Å². The number of hydrogen-bond acceptors (Lipinski definition) is 2. The average Bonchev–Trinajstić information content (AvgIpc) is 2.62. The number of carboxylic acids is 1. The van der Waals surface area contributed by atoms with Gasteiger partial charge in [-0.3, -0.25) is 4.79 Å². The van der Waals surface area contributed by atoms with E-state index in [9.17, 15) is 4.79 Å². The van der Waals surface area contributed by atoms with Crippen LogP contribution in [0.25, 0.3) is 0 Å². The quantitative estimate of drug-likeness (QED) is 0.810. The molecule has 2 N–H and O–H groups in total. The second kappa shape index (κ2) is 7.44. The highest BCUT2D eigenvalue weighted by molar-refractivity contribution is 5.70. The Labute approximate surface area is 121 Å². The number of nitrogens with one attached hydrogen (secondary N) is 1. The maximum absolute atomic E-state index is 10.9. The Morgan fingerprint density at radius 3 is 2.65 bits per heavy atom. The molecule has 1 fully saturated rings. The van der Waals surface area contributed by atoms with E-state index in [1.807, 2.05) is 24.3 Å². The van der Waals surface area contributed by atoms with Crippen molar-refractivity contribution in [2.24, 2.45) is 5.92 Å². The summed E-state index contributed by atoms with van der Waals surface area (Å²) in [6, 6.07) is 8.42. The van der Waals surface area contributed by atoms with Crippen LogP contribution in [0, 0.1) is 5.92 Å². The fraction of sp³-hybridized carbons (Fsp3) is 0.588. The van der Waals surface area contributed by atoms with Crippen molar-refractivity contribution in [3.05, 3.63) is 35.4 Å². The van der Waals surface area contributed by atoms with Crippen molar-refractivity contribution >= 4 is 5.97 Å². The van der Waals surface area contributed by atoms with Gasteiger partial charge in [0.15, 0.2) is 0 Å². The highest BCUT2D eigenvalue weighted by Crippen LogP contribution is 2.23. The lowest BCUT2D eigenvalue weighted by atomic mass is 9.96. The van der Waals surface area contributed by atoms with Crippen LogP contribution < -0.4 is 5.32 Å². The van der Waals surface area contributed by atoms with Crippen molar-refractivity contribution in [1.29, 1.82) is 0 Å². The largest absolute Gasteiger partial charge is 0.481 e. The number of carboxylic acid groups (broad SMARTS) is 1. The number of aliphatic carboxylic acids is 1. The van der Waals surface area contributed by atoms with Gasteiger partial charge in [-0.25, -0.2) is 0 Å². The molecular weight excluding hydrogens is 250 g/mol. The van der Waals surface area contributed by atoms with Crippen LogP contribution in [0.2, 0.25) is 0 Å². The molecule has 110 valence electrons. The Morgan fingerprint density at radius 2 is 1.90 bits per heavy atom. The first-order valence-corrected chi connectivity index (χ1v) is 7.69. The van der Waals surface area contributed by atoms with Gasteiger partial charge in [-0.05, 0) is 29.9 Å². The summed E-state index contributed by atoms with van der Waals surface area (Å²) in [5.74, 6) is -0.0515. The molecule has 1 aliphatic carbocycles. The molecule has 0 aromatic heterocycles. The Bertz CT molecular complexity index is 444. The molecule has 2 rings (SSSR count). The third-order valence-electron chi connectivity index (χ3n) is 4.38. The van der Waals surface area contributed by atoms with Crippen molar-refractivity contribution in [3.63, 3.8) is 0 Å². The number of rotatable bonds is 5. The lowest BCUT2D eigenvalue weighted by molar-refractivity contribution is -0.136. The van der Waals surface area contributed by atoms with Gasteiger partial charge in [0.25, 0.3) is 0 Å². The molecule has 3 heteroatoms.